The highest BCUT2D eigenvalue weighted by Crippen LogP contribution is 2.27. The van der Waals surface area contributed by atoms with Crippen LogP contribution in [0.15, 0.2) is 6.07 Å². The molecule has 0 atom stereocenters. The molecule has 0 amide bonds. The van der Waals surface area contributed by atoms with E-state index in [1.807, 2.05) is 0 Å². The van der Waals surface area contributed by atoms with E-state index in [1.54, 1.807) is 0 Å². The van der Waals surface area contributed by atoms with Crippen LogP contribution < -0.4 is 0 Å². The zero-order valence-corrected chi connectivity index (χ0v) is 6.38. The highest BCUT2D eigenvalue weighted by Gasteiger charge is 2.26. The molecule has 1 aromatic rings. The third-order valence-corrected chi connectivity index (χ3v) is 1.34. The van der Waals surface area contributed by atoms with Gasteiger partial charge in [0.2, 0.25) is 5.95 Å². The van der Waals surface area contributed by atoms with Crippen LogP contribution in [-0.2, 0) is 0 Å². The number of nitrogens with zero attached hydrogens (tertiary/aromatic N) is 2. The van der Waals surface area contributed by atoms with E-state index in [-0.39, 0.29) is 6.07 Å². The van der Waals surface area contributed by atoms with Gasteiger partial charge in [0.05, 0.1) is 11.0 Å². The third-order valence-electron chi connectivity index (χ3n) is 1.34. The fourth-order valence-corrected chi connectivity index (χ4v) is 0.777. The van der Waals surface area contributed by atoms with E-state index < -0.39 is 34.5 Å². The molecule has 0 aliphatic carbocycles. The van der Waals surface area contributed by atoms with Crippen LogP contribution in [0.4, 0.5) is 23.2 Å². The highest BCUT2D eigenvalue weighted by atomic mass is 19.3. The molecule has 1 rings (SSSR count). The molecule has 0 aromatic carbocycles. The number of halogens is 4. The van der Waals surface area contributed by atoms with Gasteiger partial charge in [0.15, 0.2) is 11.5 Å². The van der Waals surface area contributed by atoms with E-state index in [0.29, 0.717) is 0 Å². The molecule has 4 nitrogen and oxygen atoms in total. The normalized spacial score (nSPS) is 10.6. The van der Waals surface area contributed by atoms with Crippen LogP contribution in [0, 0.1) is 21.9 Å². The minimum atomic E-state index is -3.33. The molecule has 1 aromatic heterocycles. The molecular weight excluding hydrogens is 208 g/mol. The Morgan fingerprint density at radius 2 is 2.00 bits per heavy atom. The molecule has 0 radical (unpaired) electrons. The van der Waals surface area contributed by atoms with Gasteiger partial charge in [0.25, 0.3) is 12.1 Å². The Bertz CT molecular complexity index is 382. The first-order chi connectivity index (χ1) is 6.43. The summed E-state index contributed by atoms with van der Waals surface area (Å²) < 4.78 is 48.8. The van der Waals surface area contributed by atoms with Crippen LogP contribution in [-0.4, -0.2) is 9.91 Å². The molecule has 0 N–H and O–H groups in total. The van der Waals surface area contributed by atoms with Gasteiger partial charge in [-0.3, -0.25) is 10.1 Å². The Labute approximate surface area is 74.3 Å². The van der Waals surface area contributed by atoms with E-state index in [2.05, 4.69) is 4.98 Å². The van der Waals surface area contributed by atoms with Gasteiger partial charge in [-0.1, -0.05) is 0 Å². The predicted octanol–water partition coefficient (Wildman–Crippen LogP) is 2.21. The number of nitro groups is 1. The second-order valence-electron chi connectivity index (χ2n) is 2.22. The molecule has 0 saturated heterocycles. The van der Waals surface area contributed by atoms with Crippen molar-refractivity contribution in [3.63, 3.8) is 0 Å². The number of pyridine rings is 1. The summed E-state index contributed by atoms with van der Waals surface area (Å²) in [7, 11) is 0. The minimum Gasteiger partial charge on any atom is -0.258 e. The maximum atomic E-state index is 12.4. The molecule has 8 heteroatoms. The molecule has 0 saturated carbocycles. The van der Waals surface area contributed by atoms with Gasteiger partial charge in [-0.25, -0.2) is 18.2 Å². The van der Waals surface area contributed by atoms with Crippen molar-refractivity contribution in [2.24, 2.45) is 0 Å². The predicted molar refractivity (Wildman–Crippen MR) is 35.8 cm³/mol. The summed E-state index contributed by atoms with van der Waals surface area (Å²) in [6, 6.07) is 0.0732. The first kappa shape index (κ1) is 10.4. The van der Waals surface area contributed by atoms with Crippen molar-refractivity contribution >= 4 is 5.69 Å². The minimum absolute atomic E-state index is 0.0732. The molecule has 0 aliphatic heterocycles. The molecule has 1 heterocycles. The summed E-state index contributed by atoms with van der Waals surface area (Å²) in [5, 5.41) is 10.1. The number of hydrogen-bond donors (Lipinski definition) is 0. The lowest BCUT2D eigenvalue weighted by molar-refractivity contribution is -0.386. The maximum Gasteiger partial charge on any atom is 0.299 e. The zero-order valence-electron chi connectivity index (χ0n) is 6.38. The topological polar surface area (TPSA) is 56.0 Å². The van der Waals surface area contributed by atoms with Gasteiger partial charge in [-0.2, -0.15) is 4.39 Å². The van der Waals surface area contributed by atoms with Gasteiger partial charge in [0.1, 0.15) is 0 Å². The van der Waals surface area contributed by atoms with E-state index >= 15 is 0 Å². The van der Waals surface area contributed by atoms with Crippen molar-refractivity contribution in [2.45, 2.75) is 6.43 Å². The molecule has 76 valence electrons. The Kier molecular flexibility index (Phi) is 2.63. The Balaban J connectivity index is 3.39. The second-order valence-corrected chi connectivity index (χ2v) is 2.22. The van der Waals surface area contributed by atoms with E-state index in [0.717, 1.165) is 0 Å². The van der Waals surface area contributed by atoms with Crippen molar-refractivity contribution in [3.05, 3.63) is 33.6 Å². The van der Waals surface area contributed by atoms with E-state index in [4.69, 9.17) is 0 Å². The van der Waals surface area contributed by atoms with Crippen LogP contribution in [0.2, 0.25) is 0 Å². The van der Waals surface area contributed by atoms with Gasteiger partial charge in [-0.15, -0.1) is 0 Å². The van der Waals surface area contributed by atoms with E-state index in [1.165, 1.54) is 0 Å². The molecule has 0 spiro atoms. The Hall–Kier alpha value is -1.73. The van der Waals surface area contributed by atoms with Crippen LogP contribution in [0.1, 0.15) is 12.1 Å². The van der Waals surface area contributed by atoms with Gasteiger partial charge in [0, 0.05) is 0 Å². The number of aromatic nitrogens is 1. The lowest BCUT2D eigenvalue weighted by Gasteiger charge is -2.00. The fraction of sp³-hybridized carbons (Fsp3) is 0.167. The van der Waals surface area contributed by atoms with Crippen LogP contribution in [0.3, 0.4) is 0 Å². The highest BCUT2D eigenvalue weighted by molar-refractivity contribution is 5.36. The van der Waals surface area contributed by atoms with Crippen molar-refractivity contribution in [2.75, 3.05) is 0 Å². The van der Waals surface area contributed by atoms with Crippen molar-refractivity contribution in [1.82, 2.24) is 4.98 Å². The van der Waals surface area contributed by atoms with Gasteiger partial charge < -0.3 is 0 Å². The van der Waals surface area contributed by atoms with E-state index in [9.17, 15) is 27.7 Å². The first-order valence-corrected chi connectivity index (χ1v) is 3.22. The summed E-state index contributed by atoms with van der Waals surface area (Å²) in [6.45, 7) is 0. The quantitative estimate of drug-likeness (QED) is 0.325. The van der Waals surface area contributed by atoms with Crippen LogP contribution in [0.5, 0.6) is 0 Å². The summed E-state index contributed by atoms with van der Waals surface area (Å²) in [5.74, 6) is -3.42. The fourth-order valence-electron chi connectivity index (χ4n) is 0.777. The summed E-state index contributed by atoms with van der Waals surface area (Å²) in [5.41, 5.74) is -2.62. The monoisotopic (exact) mass is 210 g/mol. The summed E-state index contributed by atoms with van der Waals surface area (Å²) in [4.78, 5) is 11.3. The third kappa shape index (κ3) is 1.78. The lowest BCUT2D eigenvalue weighted by atomic mass is 10.3. The molecule has 14 heavy (non-hydrogen) atoms. The smallest absolute Gasteiger partial charge is 0.258 e. The molecule has 0 bridgehead atoms. The molecular formula is C6H2F4N2O2. The Morgan fingerprint density at radius 3 is 2.43 bits per heavy atom. The summed E-state index contributed by atoms with van der Waals surface area (Å²) >= 11 is 0. The SMILES string of the molecule is O=[N+]([O-])c1cc(F)c(F)nc1C(F)F. The standard InChI is InChI=1S/C6H2F4N2O2/c7-2-1-3(12(13)14)4(5(8)9)11-6(2)10/h1,5H. The Morgan fingerprint density at radius 1 is 1.43 bits per heavy atom. The van der Waals surface area contributed by atoms with Crippen molar-refractivity contribution < 1.29 is 22.5 Å². The lowest BCUT2D eigenvalue weighted by Crippen LogP contribution is -2.03. The first-order valence-electron chi connectivity index (χ1n) is 3.22. The molecule has 0 unspecified atom stereocenters. The van der Waals surface area contributed by atoms with Gasteiger partial charge in [-0.05, 0) is 0 Å². The van der Waals surface area contributed by atoms with Crippen LogP contribution >= 0.6 is 0 Å². The number of alkyl halides is 2. The average Bonchev–Trinajstić information content (AvgIpc) is 2.08. The van der Waals surface area contributed by atoms with Crippen molar-refractivity contribution in [3.8, 4) is 0 Å². The number of hydrogen-bond acceptors (Lipinski definition) is 3. The molecule has 0 fully saturated rings. The zero-order chi connectivity index (χ0) is 10.9. The number of rotatable bonds is 2. The maximum absolute atomic E-state index is 12.4. The van der Waals surface area contributed by atoms with Crippen molar-refractivity contribution in [1.29, 1.82) is 0 Å². The molecule has 0 aliphatic rings. The van der Waals surface area contributed by atoms with Crippen LogP contribution in [0.25, 0.3) is 0 Å². The largest absolute Gasteiger partial charge is 0.299 e. The average molecular weight is 210 g/mol. The second kappa shape index (κ2) is 3.56. The van der Waals surface area contributed by atoms with Gasteiger partial charge >= 0.3 is 0 Å². The summed E-state index contributed by atoms with van der Waals surface area (Å²) in [6.07, 6.45) is -3.33.